The van der Waals surface area contributed by atoms with E-state index in [4.69, 9.17) is 0 Å². The molecule has 116 valence electrons. The number of likely N-dealkylation sites (tertiary alicyclic amines) is 1. The Morgan fingerprint density at radius 3 is 2.50 bits per heavy atom. The Hall–Kier alpha value is -0.990. The molecular weight excluding hydrogens is 297 g/mol. The topological polar surface area (TPSA) is 66.5 Å². The fourth-order valence-corrected chi connectivity index (χ4v) is 4.28. The minimum atomic E-state index is -4.30. The molecule has 2 saturated heterocycles. The standard InChI is InChI=1S/C11H17F3N2O3S/c12-11(13,14)8-2-1-4-16(6-8)10(17)15-9-3-5-20(18,19)7-9/h8-9H,1-7H2,(H,15,17)/t8-,9-/m1/s1. The number of piperidine rings is 1. The summed E-state index contributed by atoms with van der Waals surface area (Å²) in [6.45, 7) is -0.0767. The molecule has 2 heterocycles. The molecule has 2 rings (SSSR count). The minimum absolute atomic E-state index is 0.0170. The first-order valence-corrected chi connectivity index (χ1v) is 8.32. The summed E-state index contributed by atoms with van der Waals surface area (Å²) in [5.74, 6) is -1.60. The van der Waals surface area contributed by atoms with Gasteiger partial charge in [-0.05, 0) is 19.3 Å². The van der Waals surface area contributed by atoms with Crippen LogP contribution < -0.4 is 5.32 Å². The van der Waals surface area contributed by atoms with Crippen LogP contribution in [0.4, 0.5) is 18.0 Å². The molecule has 2 aliphatic heterocycles. The van der Waals surface area contributed by atoms with Crippen LogP contribution in [0, 0.1) is 5.92 Å². The summed E-state index contributed by atoms with van der Waals surface area (Å²) in [5.41, 5.74) is 0. The molecule has 2 aliphatic rings. The van der Waals surface area contributed by atoms with Gasteiger partial charge in [0.05, 0.1) is 17.4 Å². The molecule has 0 aromatic carbocycles. The number of halogens is 3. The third kappa shape index (κ3) is 3.77. The van der Waals surface area contributed by atoms with Crippen molar-refractivity contribution in [1.29, 1.82) is 0 Å². The summed E-state index contributed by atoms with van der Waals surface area (Å²) in [7, 11) is -3.12. The van der Waals surface area contributed by atoms with Crippen LogP contribution in [0.15, 0.2) is 0 Å². The summed E-state index contributed by atoms with van der Waals surface area (Å²) in [6, 6.07) is -1.08. The SMILES string of the molecule is O=C(N[C@@H]1CCS(=O)(=O)C1)N1CCC[C@@H](C(F)(F)F)C1. The zero-order chi connectivity index (χ0) is 15.0. The predicted octanol–water partition coefficient (Wildman–Crippen LogP) is 1.16. The van der Waals surface area contributed by atoms with Crippen molar-refractivity contribution in [3.63, 3.8) is 0 Å². The molecule has 20 heavy (non-hydrogen) atoms. The molecular formula is C11H17F3N2O3S. The number of alkyl halides is 3. The Morgan fingerprint density at radius 2 is 1.95 bits per heavy atom. The van der Waals surface area contributed by atoms with Gasteiger partial charge in [-0.25, -0.2) is 13.2 Å². The van der Waals surface area contributed by atoms with E-state index < -0.39 is 34.0 Å². The van der Waals surface area contributed by atoms with Crippen molar-refractivity contribution in [2.24, 2.45) is 5.92 Å². The van der Waals surface area contributed by atoms with Crippen LogP contribution in [-0.4, -0.2) is 56.2 Å². The number of sulfone groups is 1. The molecule has 2 amide bonds. The minimum Gasteiger partial charge on any atom is -0.334 e. The maximum Gasteiger partial charge on any atom is 0.393 e. The summed E-state index contributed by atoms with van der Waals surface area (Å²) in [5, 5.41) is 2.52. The van der Waals surface area contributed by atoms with Gasteiger partial charge in [-0.2, -0.15) is 13.2 Å². The molecule has 2 fully saturated rings. The lowest BCUT2D eigenvalue weighted by Crippen LogP contribution is -2.51. The normalized spacial score (nSPS) is 30.2. The number of rotatable bonds is 1. The molecule has 9 heteroatoms. The van der Waals surface area contributed by atoms with Crippen molar-refractivity contribution >= 4 is 15.9 Å². The largest absolute Gasteiger partial charge is 0.393 e. The molecule has 0 aromatic rings. The third-order valence-electron chi connectivity index (χ3n) is 3.73. The molecule has 0 bridgehead atoms. The van der Waals surface area contributed by atoms with E-state index >= 15 is 0 Å². The van der Waals surface area contributed by atoms with E-state index in [0.29, 0.717) is 12.8 Å². The highest BCUT2D eigenvalue weighted by molar-refractivity contribution is 7.91. The summed E-state index contributed by atoms with van der Waals surface area (Å²) in [6.07, 6.45) is -3.63. The Balaban J connectivity index is 1.90. The Morgan fingerprint density at radius 1 is 1.25 bits per heavy atom. The van der Waals surface area contributed by atoms with Gasteiger partial charge in [0, 0.05) is 19.1 Å². The fraction of sp³-hybridized carbons (Fsp3) is 0.909. The maximum atomic E-state index is 12.6. The second-order valence-corrected chi connectivity index (χ2v) is 7.60. The molecule has 0 unspecified atom stereocenters. The van der Waals surface area contributed by atoms with Crippen LogP contribution >= 0.6 is 0 Å². The van der Waals surface area contributed by atoms with Crippen molar-refractivity contribution < 1.29 is 26.4 Å². The average molecular weight is 314 g/mol. The molecule has 0 aromatic heterocycles. The number of nitrogens with one attached hydrogen (secondary N) is 1. The van der Waals surface area contributed by atoms with Gasteiger partial charge in [0.25, 0.3) is 0 Å². The number of nitrogens with zero attached hydrogens (tertiary/aromatic N) is 1. The van der Waals surface area contributed by atoms with E-state index in [2.05, 4.69) is 5.32 Å². The average Bonchev–Trinajstić information content (AvgIpc) is 2.68. The molecule has 0 radical (unpaired) electrons. The first-order valence-electron chi connectivity index (χ1n) is 6.50. The van der Waals surface area contributed by atoms with E-state index in [-0.39, 0.29) is 31.0 Å². The third-order valence-corrected chi connectivity index (χ3v) is 5.50. The monoisotopic (exact) mass is 314 g/mol. The van der Waals surface area contributed by atoms with Crippen molar-refractivity contribution in [2.75, 3.05) is 24.6 Å². The second kappa shape index (κ2) is 5.42. The lowest BCUT2D eigenvalue weighted by Gasteiger charge is -2.34. The Kier molecular flexibility index (Phi) is 4.17. The number of hydrogen-bond acceptors (Lipinski definition) is 3. The highest BCUT2D eigenvalue weighted by Gasteiger charge is 2.43. The van der Waals surface area contributed by atoms with Crippen LogP contribution in [0.25, 0.3) is 0 Å². The number of urea groups is 1. The van der Waals surface area contributed by atoms with Crippen LogP contribution in [0.2, 0.25) is 0 Å². The summed E-state index contributed by atoms with van der Waals surface area (Å²) in [4.78, 5) is 13.0. The van der Waals surface area contributed by atoms with E-state index in [1.807, 2.05) is 0 Å². The van der Waals surface area contributed by atoms with E-state index in [0.717, 1.165) is 4.90 Å². The summed E-state index contributed by atoms with van der Waals surface area (Å²) >= 11 is 0. The van der Waals surface area contributed by atoms with Gasteiger partial charge in [0.1, 0.15) is 0 Å². The number of hydrogen-bond donors (Lipinski definition) is 1. The van der Waals surface area contributed by atoms with E-state index in [9.17, 15) is 26.4 Å². The molecule has 2 atom stereocenters. The quantitative estimate of drug-likeness (QED) is 0.790. The molecule has 1 N–H and O–H groups in total. The number of carbonyl (C=O) groups excluding carboxylic acids is 1. The van der Waals surface area contributed by atoms with Gasteiger partial charge in [0.2, 0.25) is 0 Å². The van der Waals surface area contributed by atoms with Gasteiger partial charge in [-0.3, -0.25) is 0 Å². The predicted molar refractivity (Wildman–Crippen MR) is 65.9 cm³/mol. The van der Waals surface area contributed by atoms with Crippen molar-refractivity contribution in [3.05, 3.63) is 0 Å². The van der Waals surface area contributed by atoms with Gasteiger partial charge in [-0.1, -0.05) is 0 Å². The Bertz CT molecular complexity index is 478. The van der Waals surface area contributed by atoms with Gasteiger partial charge in [0.15, 0.2) is 9.84 Å². The lowest BCUT2D eigenvalue weighted by molar-refractivity contribution is -0.184. The highest BCUT2D eigenvalue weighted by Crippen LogP contribution is 2.33. The molecule has 0 spiro atoms. The number of amides is 2. The first-order chi connectivity index (χ1) is 9.17. The fourth-order valence-electron chi connectivity index (χ4n) is 2.60. The number of carbonyl (C=O) groups is 1. The van der Waals surface area contributed by atoms with Crippen molar-refractivity contribution in [1.82, 2.24) is 10.2 Å². The smallest absolute Gasteiger partial charge is 0.334 e. The van der Waals surface area contributed by atoms with Crippen LogP contribution in [0.3, 0.4) is 0 Å². The highest BCUT2D eigenvalue weighted by atomic mass is 32.2. The van der Waals surface area contributed by atoms with E-state index in [1.54, 1.807) is 0 Å². The van der Waals surface area contributed by atoms with Crippen LogP contribution in [0.1, 0.15) is 19.3 Å². The zero-order valence-corrected chi connectivity index (χ0v) is 11.6. The summed E-state index contributed by atoms with van der Waals surface area (Å²) < 4.78 is 60.5. The van der Waals surface area contributed by atoms with Gasteiger partial charge < -0.3 is 10.2 Å². The first kappa shape index (κ1) is 15.4. The Labute approximate surface area is 115 Å². The maximum absolute atomic E-state index is 12.6. The van der Waals surface area contributed by atoms with Gasteiger partial charge in [-0.15, -0.1) is 0 Å². The van der Waals surface area contributed by atoms with Gasteiger partial charge >= 0.3 is 12.2 Å². The van der Waals surface area contributed by atoms with Crippen LogP contribution in [0.5, 0.6) is 0 Å². The second-order valence-electron chi connectivity index (χ2n) is 5.38. The molecule has 0 aliphatic carbocycles. The zero-order valence-electron chi connectivity index (χ0n) is 10.8. The molecule has 0 saturated carbocycles. The van der Waals surface area contributed by atoms with Crippen molar-refractivity contribution in [2.45, 2.75) is 31.5 Å². The molecule has 5 nitrogen and oxygen atoms in total. The van der Waals surface area contributed by atoms with Crippen LogP contribution in [-0.2, 0) is 9.84 Å². The van der Waals surface area contributed by atoms with Crippen molar-refractivity contribution in [3.8, 4) is 0 Å². The van der Waals surface area contributed by atoms with E-state index in [1.165, 1.54) is 0 Å². The lowest BCUT2D eigenvalue weighted by atomic mass is 9.98.